The molecule has 0 amide bonds. The van der Waals surface area contributed by atoms with Crippen molar-refractivity contribution in [2.45, 2.75) is 51.9 Å². The summed E-state index contributed by atoms with van der Waals surface area (Å²) in [4.78, 5) is 27.1. The Bertz CT molecular complexity index is 1370. The summed E-state index contributed by atoms with van der Waals surface area (Å²) < 4.78 is 1.89. The maximum absolute atomic E-state index is 12.9. The predicted molar refractivity (Wildman–Crippen MR) is 131 cm³/mol. The van der Waals surface area contributed by atoms with Crippen molar-refractivity contribution in [3.63, 3.8) is 0 Å². The van der Waals surface area contributed by atoms with Gasteiger partial charge in [0.1, 0.15) is 11.2 Å². The summed E-state index contributed by atoms with van der Waals surface area (Å²) in [7, 11) is 1.90. The van der Waals surface area contributed by atoms with E-state index in [1.54, 1.807) is 23.9 Å². The van der Waals surface area contributed by atoms with Gasteiger partial charge in [-0.15, -0.1) is 11.3 Å². The van der Waals surface area contributed by atoms with Crippen molar-refractivity contribution in [3.05, 3.63) is 75.3 Å². The highest BCUT2D eigenvalue weighted by Crippen LogP contribution is 2.30. The van der Waals surface area contributed by atoms with Crippen LogP contribution in [-0.4, -0.2) is 25.3 Å². The first kappa shape index (κ1) is 22.8. The molecule has 0 aliphatic carbocycles. The lowest BCUT2D eigenvalue weighted by molar-refractivity contribution is 0.0971. The number of benzene rings is 1. The highest BCUT2D eigenvalue weighted by Gasteiger charge is 2.19. The van der Waals surface area contributed by atoms with Crippen LogP contribution >= 0.6 is 11.3 Å². The number of nitrogens with zero attached hydrogens (tertiary/aromatic N) is 5. The number of carbonyl (C=O) groups excluding carboxylic acids is 1. The number of aromatic nitrogens is 4. The van der Waals surface area contributed by atoms with Gasteiger partial charge in [-0.05, 0) is 40.7 Å². The number of imidazole rings is 1. The summed E-state index contributed by atoms with van der Waals surface area (Å²) in [6, 6.07) is 10.1. The highest BCUT2D eigenvalue weighted by molar-refractivity contribution is 7.11. The minimum absolute atomic E-state index is 0.0112. The third-order valence-electron chi connectivity index (χ3n) is 5.79. The molecule has 0 fully saturated rings. The van der Waals surface area contributed by atoms with Gasteiger partial charge in [-0.1, -0.05) is 33.8 Å². The second kappa shape index (κ2) is 8.87. The molecule has 0 N–H and O–H groups in total. The van der Waals surface area contributed by atoms with Crippen molar-refractivity contribution in [3.8, 4) is 6.07 Å². The van der Waals surface area contributed by atoms with Crippen molar-refractivity contribution in [2.75, 3.05) is 0 Å². The van der Waals surface area contributed by atoms with Crippen LogP contribution in [0.25, 0.3) is 11.0 Å². The summed E-state index contributed by atoms with van der Waals surface area (Å²) in [5.74, 6) is 0.0560. The third kappa shape index (κ3) is 5.01. The van der Waals surface area contributed by atoms with Gasteiger partial charge in [-0.25, -0.2) is 9.97 Å². The number of carbonyl (C=O) groups is 1. The summed E-state index contributed by atoms with van der Waals surface area (Å²) in [5, 5.41) is 10.4. The molecule has 4 rings (SSSR count). The molecule has 0 spiro atoms. The zero-order valence-electron chi connectivity index (χ0n) is 19.6. The number of aryl methyl sites for hydroxylation is 1. The molecule has 3 aromatic heterocycles. The number of rotatable bonds is 6. The molecule has 33 heavy (non-hydrogen) atoms. The fraction of sp³-hybridized carbons (Fsp3) is 0.346. The lowest BCUT2D eigenvalue weighted by Crippen LogP contribution is -2.12. The lowest BCUT2D eigenvalue weighted by atomic mass is 9.85. The Morgan fingerprint density at radius 1 is 1.15 bits per heavy atom. The van der Waals surface area contributed by atoms with E-state index >= 15 is 0 Å². The molecule has 1 aromatic carbocycles. The van der Waals surface area contributed by atoms with E-state index in [2.05, 4.69) is 47.9 Å². The van der Waals surface area contributed by atoms with Gasteiger partial charge in [-0.2, -0.15) is 5.26 Å². The molecular weight excluding hydrogens is 430 g/mol. The molecule has 0 bridgehead atoms. The fourth-order valence-electron chi connectivity index (χ4n) is 3.77. The Morgan fingerprint density at radius 2 is 1.94 bits per heavy atom. The molecule has 1 unspecified atom stereocenters. The number of nitriles is 1. The second-order valence-electron chi connectivity index (χ2n) is 9.56. The van der Waals surface area contributed by atoms with E-state index in [9.17, 15) is 10.1 Å². The largest absolute Gasteiger partial charge is 0.334 e. The number of Topliss-reactive ketones (excluding diaryl/α,β-unsaturated/α-hetero) is 1. The van der Waals surface area contributed by atoms with E-state index < -0.39 is 0 Å². The zero-order chi connectivity index (χ0) is 23.8. The fourth-order valence-corrected chi connectivity index (χ4v) is 4.77. The third-order valence-corrected chi connectivity index (χ3v) is 7.02. The molecule has 168 valence electrons. The maximum Gasteiger partial charge on any atom is 0.181 e. The highest BCUT2D eigenvalue weighted by atomic mass is 32.1. The number of thiazole rings is 1. The zero-order valence-corrected chi connectivity index (χ0v) is 20.4. The van der Waals surface area contributed by atoms with Crippen LogP contribution in [0.15, 0.2) is 43.0 Å². The van der Waals surface area contributed by atoms with Crippen LogP contribution in [0.1, 0.15) is 77.1 Å². The van der Waals surface area contributed by atoms with E-state index in [0.29, 0.717) is 24.1 Å². The van der Waals surface area contributed by atoms with Crippen molar-refractivity contribution < 1.29 is 4.79 Å². The minimum Gasteiger partial charge on any atom is -0.334 e. The van der Waals surface area contributed by atoms with Gasteiger partial charge in [-0.3, -0.25) is 9.78 Å². The van der Waals surface area contributed by atoms with E-state index in [0.717, 1.165) is 32.0 Å². The average Bonchev–Trinajstić information content (AvgIpc) is 3.39. The van der Waals surface area contributed by atoms with Crippen molar-refractivity contribution in [1.29, 1.82) is 5.26 Å². The standard InChI is InChI=1S/C26H27N5OS/c1-16(6-23(32)20-11-22-21(13-28-20)30-15-31(22)5)24-14-29-25(33-24)10-17-7-18(12-27)9-19(8-17)26(2,3)4/h7-9,11,13-16H,6,10H2,1-5H3. The lowest BCUT2D eigenvalue weighted by Gasteiger charge is -2.20. The van der Waals surface area contributed by atoms with Crippen molar-refractivity contribution >= 4 is 28.2 Å². The first-order chi connectivity index (χ1) is 15.6. The first-order valence-corrected chi connectivity index (χ1v) is 11.7. The number of ketones is 1. The van der Waals surface area contributed by atoms with Gasteiger partial charge in [0.2, 0.25) is 0 Å². The number of hydrogen-bond donors (Lipinski definition) is 0. The van der Waals surface area contributed by atoms with Crippen LogP contribution < -0.4 is 0 Å². The molecule has 1 atom stereocenters. The summed E-state index contributed by atoms with van der Waals surface area (Å²) in [5.41, 5.74) is 5.01. The quantitative estimate of drug-likeness (QED) is 0.354. The summed E-state index contributed by atoms with van der Waals surface area (Å²) in [6.07, 6.45) is 6.28. The summed E-state index contributed by atoms with van der Waals surface area (Å²) >= 11 is 1.63. The van der Waals surface area contributed by atoms with E-state index in [1.165, 1.54) is 0 Å². The van der Waals surface area contributed by atoms with Crippen LogP contribution in [0.3, 0.4) is 0 Å². The van der Waals surface area contributed by atoms with Gasteiger partial charge in [0, 0.05) is 31.0 Å². The van der Waals surface area contributed by atoms with E-state index in [1.807, 2.05) is 42.9 Å². The van der Waals surface area contributed by atoms with Crippen LogP contribution in [0, 0.1) is 11.3 Å². The van der Waals surface area contributed by atoms with Gasteiger partial charge in [0.05, 0.1) is 34.7 Å². The molecular formula is C26H27N5OS. The van der Waals surface area contributed by atoms with Gasteiger partial charge in [0.25, 0.3) is 0 Å². The average molecular weight is 458 g/mol. The molecule has 0 saturated heterocycles. The number of hydrogen-bond acceptors (Lipinski definition) is 6. The molecule has 6 nitrogen and oxygen atoms in total. The molecule has 3 heterocycles. The normalized spacial score (nSPS) is 12.6. The van der Waals surface area contributed by atoms with Crippen molar-refractivity contribution in [1.82, 2.24) is 19.5 Å². The van der Waals surface area contributed by atoms with Gasteiger partial charge >= 0.3 is 0 Å². The predicted octanol–water partition coefficient (Wildman–Crippen LogP) is 5.56. The van der Waals surface area contributed by atoms with Crippen LogP contribution in [0.4, 0.5) is 0 Å². The van der Waals surface area contributed by atoms with Crippen molar-refractivity contribution in [2.24, 2.45) is 7.05 Å². The second-order valence-corrected chi connectivity index (χ2v) is 10.7. The molecule has 0 aliphatic heterocycles. The first-order valence-electron chi connectivity index (χ1n) is 10.9. The van der Waals surface area contributed by atoms with Gasteiger partial charge in [0.15, 0.2) is 5.78 Å². The number of fused-ring (bicyclic) bond motifs is 1. The Kier molecular flexibility index (Phi) is 6.13. The maximum atomic E-state index is 12.9. The van der Waals surface area contributed by atoms with Gasteiger partial charge < -0.3 is 4.57 Å². The number of pyridine rings is 1. The van der Waals surface area contributed by atoms with Crippen LogP contribution in [0.5, 0.6) is 0 Å². The summed E-state index contributed by atoms with van der Waals surface area (Å²) in [6.45, 7) is 8.49. The molecule has 7 heteroatoms. The van der Waals surface area contributed by atoms with Crippen LogP contribution in [0.2, 0.25) is 0 Å². The van der Waals surface area contributed by atoms with E-state index in [4.69, 9.17) is 0 Å². The Hall–Kier alpha value is -3.37. The monoisotopic (exact) mass is 457 g/mol. The molecule has 0 saturated carbocycles. The molecule has 0 aliphatic rings. The van der Waals surface area contributed by atoms with Crippen LogP contribution in [-0.2, 0) is 18.9 Å². The molecule has 0 radical (unpaired) electrons. The smallest absolute Gasteiger partial charge is 0.181 e. The Balaban J connectivity index is 1.48. The topological polar surface area (TPSA) is 84.5 Å². The molecule has 4 aromatic rings. The SMILES string of the molecule is CC(CC(=O)c1cc2c(cn1)ncn2C)c1cnc(Cc2cc(C#N)cc(C(C)(C)C)c2)s1. The van der Waals surface area contributed by atoms with E-state index in [-0.39, 0.29) is 17.1 Å². The minimum atomic E-state index is -0.0307. The Labute approximate surface area is 198 Å². The Morgan fingerprint density at radius 3 is 2.67 bits per heavy atom.